The van der Waals surface area contributed by atoms with Gasteiger partial charge in [-0.3, -0.25) is 4.79 Å². The third kappa shape index (κ3) is 3.21. The van der Waals surface area contributed by atoms with Gasteiger partial charge in [0.2, 0.25) is 5.91 Å². The van der Waals surface area contributed by atoms with Crippen LogP contribution in [0, 0.1) is 0 Å². The van der Waals surface area contributed by atoms with Crippen molar-refractivity contribution >= 4 is 5.91 Å². The SMILES string of the molecule is CC1(C)CC(NC(=O)C2CCCCN2)c2ccccc2O1. The average Bonchev–Trinajstić information content (AvgIpc) is 2.47. The lowest BCUT2D eigenvalue weighted by Crippen LogP contribution is -2.49. The normalized spacial score (nSPS) is 27.3. The molecule has 1 aromatic rings. The molecule has 1 fully saturated rings. The van der Waals surface area contributed by atoms with E-state index >= 15 is 0 Å². The number of hydrogen-bond acceptors (Lipinski definition) is 3. The van der Waals surface area contributed by atoms with E-state index in [2.05, 4.69) is 24.5 Å². The number of carbonyl (C=O) groups excluding carboxylic acids is 1. The van der Waals surface area contributed by atoms with Gasteiger partial charge in [0.15, 0.2) is 0 Å². The van der Waals surface area contributed by atoms with Gasteiger partial charge >= 0.3 is 0 Å². The minimum absolute atomic E-state index is 0.0289. The van der Waals surface area contributed by atoms with Crippen LogP contribution < -0.4 is 15.4 Å². The first-order valence-electron chi connectivity index (χ1n) is 7.87. The first-order chi connectivity index (χ1) is 10.1. The van der Waals surface area contributed by atoms with Crippen molar-refractivity contribution in [2.45, 2.75) is 57.2 Å². The van der Waals surface area contributed by atoms with Crippen LogP contribution in [0.4, 0.5) is 0 Å². The lowest BCUT2D eigenvalue weighted by Gasteiger charge is -2.38. The zero-order chi connectivity index (χ0) is 14.9. The summed E-state index contributed by atoms with van der Waals surface area (Å²) >= 11 is 0. The molecule has 21 heavy (non-hydrogen) atoms. The van der Waals surface area contributed by atoms with E-state index in [1.807, 2.05) is 24.3 Å². The molecule has 0 aliphatic carbocycles. The fraction of sp³-hybridized carbons (Fsp3) is 0.588. The summed E-state index contributed by atoms with van der Waals surface area (Å²) in [6.07, 6.45) is 4.01. The molecule has 0 bridgehead atoms. The highest BCUT2D eigenvalue weighted by Gasteiger charge is 2.35. The molecule has 2 atom stereocenters. The molecule has 2 unspecified atom stereocenters. The van der Waals surface area contributed by atoms with Crippen LogP contribution in [-0.2, 0) is 4.79 Å². The number of para-hydroxylation sites is 1. The molecule has 0 spiro atoms. The fourth-order valence-electron chi connectivity index (χ4n) is 3.28. The van der Waals surface area contributed by atoms with Crippen molar-refractivity contribution in [2.24, 2.45) is 0 Å². The zero-order valence-corrected chi connectivity index (χ0v) is 12.8. The van der Waals surface area contributed by atoms with Gasteiger partial charge in [-0.25, -0.2) is 0 Å². The first kappa shape index (κ1) is 14.4. The maximum atomic E-state index is 12.5. The molecular formula is C17H24N2O2. The molecule has 0 radical (unpaired) electrons. The van der Waals surface area contributed by atoms with E-state index in [9.17, 15) is 4.79 Å². The molecule has 2 heterocycles. The molecule has 114 valence electrons. The second-order valence-corrected chi connectivity index (χ2v) is 6.67. The fourth-order valence-corrected chi connectivity index (χ4v) is 3.28. The van der Waals surface area contributed by atoms with E-state index in [0.29, 0.717) is 0 Å². The van der Waals surface area contributed by atoms with Crippen molar-refractivity contribution in [1.29, 1.82) is 0 Å². The van der Waals surface area contributed by atoms with E-state index in [1.54, 1.807) is 0 Å². The highest BCUT2D eigenvalue weighted by atomic mass is 16.5. The summed E-state index contributed by atoms with van der Waals surface area (Å²) in [4.78, 5) is 12.5. The summed E-state index contributed by atoms with van der Waals surface area (Å²) in [5, 5.41) is 6.53. The van der Waals surface area contributed by atoms with Gasteiger partial charge in [-0.15, -0.1) is 0 Å². The maximum Gasteiger partial charge on any atom is 0.237 e. The van der Waals surface area contributed by atoms with E-state index < -0.39 is 0 Å². The molecule has 2 aliphatic rings. The molecule has 2 N–H and O–H groups in total. The van der Waals surface area contributed by atoms with Crippen LogP contribution in [0.2, 0.25) is 0 Å². The summed E-state index contributed by atoms with van der Waals surface area (Å²) in [5.74, 6) is 1.00. The number of benzene rings is 1. The predicted molar refractivity (Wildman–Crippen MR) is 82.3 cm³/mol. The summed E-state index contributed by atoms with van der Waals surface area (Å²) in [6, 6.07) is 7.98. The number of ether oxygens (including phenoxy) is 1. The van der Waals surface area contributed by atoms with Crippen LogP contribution in [0.1, 0.15) is 51.1 Å². The second kappa shape index (κ2) is 5.68. The number of nitrogens with one attached hydrogen (secondary N) is 2. The lowest BCUT2D eigenvalue weighted by molar-refractivity contribution is -0.125. The van der Waals surface area contributed by atoms with Gasteiger partial charge in [0.05, 0.1) is 12.1 Å². The Hall–Kier alpha value is -1.55. The summed E-state index contributed by atoms with van der Waals surface area (Å²) in [6.45, 7) is 5.08. The summed E-state index contributed by atoms with van der Waals surface area (Å²) in [5.41, 5.74) is 0.827. The Kier molecular flexibility index (Phi) is 3.89. The van der Waals surface area contributed by atoms with Gasteiger partial charge in [-0.2, -0.15) is 0 Å². The van der Waals surface area contributed by atoms with Crippen LogP contribution in [-0.4, -0.2) is 24.1 Å². The van der Waals surface area contributed by atoms with Crippen LogP contribution >= 0.6 is 0 Å². The molecule has 0 saturated carbocycles. The van der Waals surface area contributed by atoms with Crippen molar-refractivity contribution in [3.05, 3.63) is 29.8 Å². The Bertz CT molecular complexity index is 521. The Morgan fingerprint density at radius 2 is 2.14 bits per heavy atom. The van der Waals surface area contributed by atoms with Gasteiger partial charge in [0.25, 0.3) is 0 Å². The van der Waals surface area contributed by atoms with Crippen LogP contribution in [0.3, 0.4) is 0 Å². The second-order valence-electron chi connectivity index (χ2n) is 6.67. The molecule has 1 amide bonds. The van der Waals surface area contributed by atoms with Crippen molar-refractivity contribution in [2.75, 3.05) is 6.54 Å². The van der Waals surface area contributed by atoms with Crippen molar-refractivity contribution in [1.82, 2.24) is 10.6 Å². The minimum Gasteiger partial charge on any atom is -0.487 e. The third-order valence-corrected chi connectivity index (χ3v) is 4.32. The number of rotatable bonds is 2. The molecule has 0 aromatic heterocycles. The molecule has 1 aromatic carbocycles. The summed E-state index contributed by atoms with van der Waals surface area (Å²) < 4.78 is 6.01. The Labute approximate surface area is 126 Å². The van der Waals surface area contributed by atoms with Gasteiger partial charge in [-0.05, 0) is 39.3 Å². The quantitative estimate of drug-likeness (QED) is 0.879. The monoisotopic (exact) mass is 288 g/mol. The lowest BCUT2D eigenvalue weighted by atomic mass is 9.89. The van der Waals surface area contributed by atoms with Gasteiger partial charge in [-0.1, -0.05) is 24.6 Å². The van der Waals surface area contributed by atoms with Crippen LogP contribution in [0.15, 0.2) is 24.3 Å². The largest absolute Gasteiger partial charge is 0.487 e. The zero-order valence-electron chi connectivity index (χ0n) is 12.8. The van der Waals surface area contributed by atoms with Gasteiger partial charge in [0, 0.05) is 12.0 Å². The smallest absolute Gasteiger partial charge is 0.237 e. The van der Waals surface area contributed by atoms with Gasteiger partial charge in [0.1, 0.15) is 11.4 Å². The number of piperidine rings is 1. The van der Waals surface area contributed by atoms with E-state index in [-0.39, 0.29) is 23.6 Å². The standard InChI is InChI=1S/C17H24N2O2/c1-17(2)11-14(12-7-3-4-9-15(12)21-17)19-16(20)13-8-5-6-10-18-13/h3-4,7,9,13-14,18H,5-6,8,10-11H2,1-2H3,(H,19,20). The molecule has 1 saturated heterocycles. The number of hydrogen-bond donors (Lipinski definition) is 2. The molecule has 4 heteroatoms. The van der Waals surface area contributed by atoms with E-state index in [1.165, 1.54) is 0 Å². The highest BCUT2D eigenvalue weighted by molar-refractivity contribution is 5.82. The summed E-state index contributed by atoms with van der Waals surface area (Å²) in [7, 11) is 0. The molecule has 4 nitrogen and oxygen atoms in total. The Balaban J connectivity index is 1.76. The number of amides is 1. The predicted octanol–water partition coefficient (Wildman–Crippen LogP) is 2.55. The first-order valence-corrected chi connectivity index (χ1v) is 7.87. The van der Waals surface area contributed by atoms with E-state index in [0.717, 1.165) is 43.5 Å². The topological polar surface area (TPSA) is 50.4 Å². The van der Waals surface area contributed by atoms with Crippen molar-refractivity contribution < 1.29 is 9.53 Å². The van der Waals surface area contributed by atoms with Gasteiger partial charge < -0.3 is 15.4 Å². The molecule has 3 rings (SSSR count). The number of fused-ring (bicyclic) bond motifs is 1. The molecular weight excluding hydrogens is 264 g/mol. The average molecular weight is 288 g/mol. The minimum atomic E-state index is -0.258. The molecule has 2 aliphatic heterocycles. The van der Waals surface area contributed by atoms with Crippen LogP contribution in [0.5, 0.6) is 5.75 Å². The Morgan fingerprint density at radius 3 is 2.90 bits per heavy atom. The van der Waals surface area contributed by atoms with Crippen LogP contribution in [0.25, 0.3) is 0 Å². The van der Waals surface area contributed by atoms with Crippen molar-refractivity contribution in [3.8, 4) is 5.75 Å². The Morgan fingerprint density at radius 1 is 1.33 bits per heavy atom. The number of carbonyl (C=O) groups is 1. The van der Waals surface area contributed by atoms with E-state index in [4.69, 9.17) is 4.74 Å². The third-order valence-electron chi connectivity index (χ3n) is 4.32. The van der Waals surface area contributed by atoms with Crippen molar-refractivity contribution in [3.63, 3.8) is 0 Å². The highest BCUT2D eigenvalue weighted by Crippen LogP contribution is 2.39. The maximum absolute atomic E-state index is 12.5.